The van der Waals surface area contributed by atoms with Crippen molar-refractivity contribution in [2.45, 2.75) is 35.5 Å². The molecule has 0 aliphatic carbocycles. The number of halogens is 4. The molecule has 3 unspecified atom stereocenters. The van der Waals surface area contributed by atoms with E-state index >= 15 is 0 Å². The average molecular weight is 404 g/mol. The zero-order valence-electron chi connectivity index (χ0n) is 13.0. The molecular formula is C14H16F4O5S2. The summed E-state index contributed by atoms with van der Waals surface area (Å²) < 4.78 is 103. The summed E-state index contributed by atoms with van der Waals surface area (Å²) in [7, 11) is -7.66. The van der Waals surface area contributed by atoms with E-state index in [1.165, 1.54) is 0 Å². The highest BCUT2D eigenvalue weighted by molar-refractivity contribution is 7.93. The Morgan fingerprint density at radius 2 is 1.96 bits per heavy atom. The smallest absolute Gasteiger partial charge is 0.347 e. The van der Waals surface area contributed by atoms with Gasteiger partial charge in [0.2, 0.25) is 6.36 Å². The Morgan fingerprint density at radius 1 is 1.32 bits per heavy atom. The lowest BCUT2D eigenvalue weighted by Crippen LogP contribution is -2.56. The third-order valence-corrected chi connectivity index (χ3v) is 7.70. The van der Waals surface area contributed by atoms with Crippen molar-refractivity contribution < 1.29 is 39.1 Å². The van der Waals surface area contributed by atoms with E-state index in [9.17, 15) is 34.4 Å². The number of sulfone groups is 1. The van der Waals surface area contributed by atoms with Crippen LogP contribution in [0.5, 0.6) is 0 Å². The molecule has 1 aliphatic heterocycles. The standard InChI is InChI=1S/C14H16F4O5S2/c1-13(10(8-24(19)20)5-6-23-12(13)15)25(21,22)11-4-2-3-9(7-11)14(16,17)18/h2-4,7,10,12,24H,5-6,8H2,1H3. The minimum atomic E-state index is -4.78. The summed E-state index contributed by atoms with van der Waals surface area (Å²) >= 11 is 0. The Balaban J connectivity index is 2.58. The molecule has 0 N–H and O–H groups in total. The average Bonchev–Trinajstić information content (AvgIpc) is 2.50. The molecule has 1 saturated heterocycles. The highest BCUT2D eigenvalue weighted by atomic mass is 32.2. The topological polar surface area (TPSA) is 77.5 Å². The van der Waals surface area contributed by atoms with Gasteiger partial charge in [0.05, 0.1) is 22.8 Å². The van der Waals surface area contributed by atoms with Crippen LogP contribution in [0.25, 0.3) is 0 Å². The second kappa shape index (κ2) is 6.84. The van der Waals surface area contributed by atoms with Gasteiger partial charge in [-0.2, -0.15) is 13.2 Å². The number of alkyl halides is 4. The molecule has 1 fully saturated rings. The van der Waals surface area contributed by atoms with Crippen molar-refractivity contribution in [1.82, 2.24) is 0 Å². The molecule has 1 aromatic carbocycles. The molecule has 1 aliphatic rings. The van der Waals surface area contributed by atoms with E-state index in [0.29, 0.717) is 12.1 Å². The SMILES string of the molecule is CC1(S(=O)(=O)c2cccc(C(F)(F)F)c2)C(C[SH](=O)=O)CCOC1F. The van der Waals surface area contributed by atoms with E-state index in [-0.39, 0.29) is 13.0 Å². The Morgan fingerprint density at radius 3 is 2.52 bits per heavy atom. The van der Waals surface area contributed by atoms with Crippen molar-refractivity contribution >= 4 is 20.5 Å². The largest absolute Gasteiger partial charge is 0.416 e. The quantitative estimate of drug-likeness (QED) is 0.615. The van der Waals surface area contributed by atoms with Crippen LogP contribution in [0.15, 0.2) is 29.2 Å². The van der Waals surface area contributed by atoms with E-state index in [2.05, 4.69) is 0 Å². The maximum Gasteiger partial charge on any atom is 0.416 e. The first kappa shape index (κ1) is 20.1. The van der Waals surface area contributed by atoms with Crippen molar-refractivity contribution in [2.24, 2.45) is 5.92 Å². The predicted octanol–water partition coefficient (Wildman–Crippen LogP) is 2.18. The summed E-state index contributed by atoms with van der Waals surface area (Å²) in [5.41, 5.74) is -1.20. The molecule has 1 heterocycles. The zero-order valence-corrected chi connectivity index (χ0v) is 14.7. The third-order valence-electron chi connectivity index (χ3n) is 4.41. The minimum absolute atomic E-state index is 0.0432. The van der Waals surface area contributed by atoms with Gasteiger partial charge in [-0.3, -0.25) is 0 Å². The van der Waals surface area contributed by atoms with E-state index in [0.717, 1.165) is 19.1 Å². The van der Waals surface area contributed by atoms with Crippen LogP contribution in [0.4, 0.5) is 17.6 Å². The lowest BCUT2D eigenvalue weighted by molar-refractivity contribution is -0.137. The van der Waals surface area contributed by atoms with E-state index in [1.807, 2.05) is 0 Å². The lowest BCUT2D eigenvalue weighted by atomic mass is 9.90. The molecule has 0 aromatic heterocycles. The van der Waals surface area contributed by atoms with Crippen LogP contribution in [0.1, 0.15) is 18.9 Å². The van der Waals surface area contributed by atoms with Crippen LogP contribution in [0, 0.1) is 5.92 Å². The maximum absolute atomic E-state index is 14.4. The van der Waals surface area contributed by atoms with Crippen LogP contribution in [-0.4, -0.2) is 40.3 Å². The first-order valence-electron chi connectivity index (χ1n) is 7.20. The molecule has 0 spiro atoms. The molecule has 2 rings (SSSR count). The second-order valence-electron chi connectivity index (χ2n) is 5.90. The molecule has 1 aromatic rings. The van der Waals surface area contributed by atoms with Gasteiger partial charge in [-0.25, -0.2) is 21.2 Å². The molecule has 0 radical (unpaired) electrons. The number of benzene rings is 1. The molecule has 142 valence electrons. The van der Waals surface area contributed by atoms with E-state index in [1.54, 1.807) is 0 Å². The fourth-order valence-corrected chi connectivity index (χ4v) is 5.88. The van der Waals surface area contributed by atoms with Crippen molar-refractivity contribution in [2.75, 3.05) is 12.4 Å². The van der Waals surface area contributed by atoms with Crippen LogP contribution in [-0.2, 0) is 31.5 Å². The number of hydrogen-bond donors (Lipinski definition) is 1. The van der Waals surface area contributed by atoms with Crippen molar-refractivity contribution in [3.05, 3.63) is 29.8 Å². The Labute approximate surface area is 143 Å². The van der Waals surface area contributed by atoms with Crippen molar-refractivity contribution in [3.63, 3.8) is 0 Å². The van der Waals surface area contributed by atoms with Crippen LogP contribution >= 0.6 is 0 Å². The van der Waals surface area contributed by atoms with Gasteiger partial charge >= 0.3 is 6.18 Å². The van der Waals surface area contributed by atoms with Crippen molar-refractivity contribution in [1.29, 1.82) is 0 Å². The molecule has 0 bridgehead atoms. The number of ether oxygens (including phenoxy) is 1. The summed E-state index contributed by atoms with van der Waals surface area (Å²) in [6.45, 7) is 0.790. The van der Waals surface area contributed by atoms with Crippen LogP contribution in [0.3, 0.4) is 0 Å². The Hall–Kier alpha value is -1.20. The third kappa shape index (κ3) is 3.68. The monoisotopic (exact) mass is 404 g/mol. The van der Waals surface area contributed by atoms with Gasteiger partial charge in [0.25, 0.3) is 0 Å². The van der Waals surface area contributed by atoms with Crippen LogP contribution < -0.4 is 0 Å². The van der Waals surface area contributed by atoms with Crippen LogP contribution in [0.2, 0.25) is 0 Å². The number of rotatable bonds is 4. The predicted molar refractivity (Wildman–Crippen MR) is 81.2 cm³/mol. The Kier molecular flexibility index (Phi) is 5.50. The fourth-order valence-electron chi connectivity index (χ4n) is 2.84. The van der Waals surface area contributed by atoms with E-state index < -0.39 is 60.0 Å². The molecular weight excluding hydrogens is 388 g/mol. The normalized spacial score (nSPS) is 28.2. The summed E-state index contributed by atoms with van der Waals surface area (Å²) in [6.07, 6.45) is -7.18. The number of hydrogen-bond acceptors (Lipinski definition) is 5. The first-order chi connectivity index (χ1) is 11.4. The molecule has 3 atom stereocenters. The summed E-state index contributed by atoms with van der Waals surface area (Å²) in [4.78, 5) is -0.732. The van der Waals surface area contributed by atoms with Gasteiger partial charge in [-0.05, 0) is 37.5 Å². The highest BCUT2D eigenvalue weighted by Crippen LogP contribution is 2.43. The van der Waals surface area contributed by atoms with Crippen molar-refractivity contribution in [3.8, 4) is 0 Å². The summed E-state index contributed by atoms with van der Waals surface area (Å²) in [6, 6.07) is 2.93. The summed E-state index contributed by atoms with van der Waals surface area (Å²) in [5, 5.41) is 0. The van der Waals surface area contributed by atoms with Gasteiger partial charge in [-0.15, -0.1) is 0 Å². The summed E-state index contributed by atoms with van der Waals surface area (Å²) in [5.74, 6) is -1.75. The molecule has 5 nitrogen and oxygen atoms in total. The second-order valence-corrected chi connectivity index (χ2v) is 9.29. The molecule has 0 amide bonds. The lowest BCUT2D eigenvalue weighted by Gasteiger charge is -2.41. The van der Waals surface area contributed by atoms with Gasteiger partial charge in [0, 0.05) is 0 Å². The fraction of sp³-hybridized carbons (Fsp3) is 0.571. The molecule has 0 saturated carbocycles. The Bertz CT molecular complexity index is 811. The maximum atomic E-state index is 14.4. The zero-order chi connectivity index (χ0) is 19.0. The van der Waals surface area contributed by atoms with Gasteiger partial charge in [0.1, 0.15) is 15.5 Å². The molecule has 11 heteroatoms. The van der Waals surface area contributed by atoms with Gasteiger partial charge in [0.15, 0.2) is 9.84 Å². The minimum Gasteiger partial charge on any atom is -0.347 e. The van der Waals surface area contributed by atoms with Gasteiger partial charge in [-0.1, -0.05) is 6.07 Å². The van der Waals surface area contributed by atoms with E-state index in [4.69, 9.17) is 4.74 Å². The highest BCUT2D eigenvalue weighted by Gasteiger charge is 2.56. The molecule has 25 heavy (non-hydrogen) atoms. The number of thiol groups is 1. The van der Waals surface area contributed by atoms with Gasteiger partial charge < -0.3 is 4.74 Å². The first-order valence-corrected chi connectivity index (χ1v) is 10.0.